The third-order valence-electron chi connectivity index (χ3n) is 7.51. The summed E-state index contributed by atoms with van der Waals surface area (Å²) in [4.78, 5) is 72.7. The molecule has 54 heavy (non-hydrogen) atoms. The molecule has 3 aromatic heterocycles. The molecular weight excluding hydrogens is 753 g/mol. The summed E-state index contributed by atoms with van der Waals surface area (Å²) in [5, 5.41) is 84.5. The highest BCUT2D eigenvalue weighted by Crippen LogP contribution is 2.39. The maximum absolute atomic E-state index is 14.3. The molecule has 6 heterocycles. The van der Waals surface area contributed by atoms with Gasteiger partial charge < -0.3 is 60.2 Å². The van der Waals surface area contributed by atoms with Gasteiger partial charge in [-0.25, -0.2) is 27.6 Å². The monoisotopic (exact) mass is 792 g/mol. The second kappa shape index (κ2) is 16.0. The van der Waals surface area contributed by atoms with Gasteiger partial charge in [0.05, 0.1) is 8.22 Å². The number of aromatic amines is 3. The summed E-state index contributed by atoms with van der Waals surface area (Å²) in [6.07, 6.45) is -19.1. The van der Waals surface area contributed by atoms with Crippen LogP contribution in [0.2, 0.25) is 0 Å². The molecule has 0 unspecified atom stereocenters. The Hall–Kier alpha value is -4.65. The first-order valence-corrected chi connectivity index (χ1v) is 14.5. The number of aliphatic hydroxyl groups excluding tert-OH is 7. The highest BCUT2D eigenvalue weighted by atomic mass is 19.2. The molecule has 0 amide bonds. The maximum atomic E-state index is 14.3. The van der Waals surface area contributed by atoms with Crippen molar-refractivity contribution < 1.29 is 81.6 Å². The molecule has 0 aromatic carbocycles. The lowest BCUT2D eigenvalue weighted by molar-refractivity contribution is -0.207. The summed E-state index contributed by atoms with van der Waals surface area (Å²) in [7, 11) is 0. The zero-order valence-corrected chi connectivity index (χ0v) is 26.4. The second-order valence-electron chi connectivity index (χ2n) is 11.0. The van der Waals surface area contributed by atoms with Crippen LogP contribution in [0.3, 0.4) is 0 Å². The van der Waals surface area contributed by atoms with E-state index in [9.17, 15) is 72.6 Å². The fourth-order valence-electron chi connectivity index (χ4n) is 4.69. The van der Waals surface area contributed by atoms with Crippen molar-refractivity contribution in [1.82, 2.24) is 28.7 Å². The number of nitrogens with zero attached hydrogens (tertiary/aromatic N) is 3. The molecule has 6 rings (SSSR count). The molecule has 3 saturated heterocycles. The molecule has 0 spiro atoms. The lowest BCUT2D eigenvalue weighted by Crippen LogP contribution is -2.42. The second-order valence-corrected chi connectivity index (χ2v) is 11.0. The predicted molar refractivity (Wildman–Crippen MR) is 163 cm³/mol. The lowest BCUT2D eigenvalue weighted by atomic mass is 10.1. The van der Waals surface area contributed by atoms with Crippen molar-refractivity contribution in [2.75, 3.05) is 19.7 Å². The summed E-state index contributed by atoms with van der Waals surface area (Å²) >= 11 is 0. The van der Waals surface area contributed by atoms with Gasteiger partial charge in [0.2, 0.25) is 0 Å². The van der Waals surface area contributed by atoms with Gasteiger partial charge in [0.25, 0.3) is 34.2 Å². The Morgan fingerprint density at radius 3 is 1.24 bits per heavy atom. The third kappa shape index (κ3) is 8.06. The minimum atomic E-state index is -3.86. The summed E-state index contributed by atoms with van der Waals surface area (Å²) in [6, 6.07) is 2.51. The van der Waals surface area contributed by atoms with E-state index in [-0.39, 0.29) is 4.57 Å². The highest BCUT2D eigenvalue weighted by molar-refractivity contribution is 4.99. The number of halogens is 3. The molecule has 24 nitrogen and oxygen atoms in total. The van der Waals surface area contributed by atoms with Gasteiger partial charge in [0.1, 0.15) is 56.3 Å². The van der Waals surface area contributed by atoms with Crippen LogP contribution in [0.25, 0.3) is 0 Å². The van der Waals surface area contributed by atoms with Gasteiger partial charge in [-0.3, -0.25) is 43.0 Å². The molecule has 12 atom stereocenters. The quantitative estimate of drug-likeness (QED) is 0.110. The fraction of sp³-hybridized carbons (Fsp3) is 0.556. The number of alkyl halides is 3. The molecule has 0 aliphatic carbocycles. The van der Waals surface area contributed by atoms with Gasteiger partial charge in [-0.1, -0.05) is 0 Å². The summed E-state index contributed by atoms with van der Waals surface area (Å²) < 4.78 is 100. The molecule has 3 aromatic rings. The number of hydrogen-bond donors (Lipinski definition) is 12. The van der Waals surface area contributed by atoms with E-state index in [0.29, 0.717) is 15.3 Å². The zero-order chi connectivity index (χ0) is 45.9. The molecule has 12 N–H and O–H groups in total. The van der Waals surface area contributed by atoms with Crippen LogP contribution in [-0.4, -0.2) is 149 Å². The average molecular weight is 793 g/mol. The van der Waals surface area contributed by atoms with Crippen LogP contribution in [0.1, 0.15) is 26.9 Å². The number of aliphatic hydroxyl groups is 9. The Morgan fingerprint density at radius 2 is 0.926 bits per heavy atom. The molecule has 3 aliphatic rings. The van der Waals surface area contributed by atoms with Crippen LogP contribution in [0.4, 0.5) is 13.2 Å². The van der Waals surface area contributed by atoms with Crippen molar-refractivity contribution in [2.24, 2.45) is 0 Å². The van der Waals surface area contributed by atoms with E-state index in [2.05, 4.69) is 14.2 Å². The molecule has 27 heteroatoms. The van der Waals surface area contributed by atoms with E-state index in [1.54, 1.807) is 9.97 Å². The maximum Gasteiger partial charge on any atom is 0.330 e. The standard InChI is InChI=1S/3C9H11FN2O6/c3*10-9(3-13)6(16)5(15)7(18-9)12-2-1-4(14)11-8(12)17/h3*1-2,5-7,13,15-16H,3H2,(H,11,14,17)/t3*5-,6+,7-,9-/m111/s1/i3D2,7D;7D;3D2. The Morgan fingerprint density at radius 1 is 0.593 bits per heavy atom. The SMILES string of the molecule is [2H]C([2H])(O)[C@@]1(F)O[C@@H](n2ccc(=O)[nH]c2=O)[C@H](O)[C@@H]1O.[2H]C([2H])(O)[C@@]1(F)O[C@@]([2H])(n2ccc(=O)[nH]c2=O)[C@H](O)[C@@H]1O.[2H][C@@]1(n2ccc(=O)[nH]c2=O)O[C@](F)(CO)[C@@H](O)[C@H]1O. The molecule has 0 bridgehead atoms. The van der Waals surface area contributed by atoms with Crippen molar-refractivity contribution in [3.8, 4) is 0 Å². The summed E-state index contributed by atoms with van der Waals surface area (Å²) in [6.45, 7) is -8.69. The first-order chi connectivity index (χ1) is 27.3. The molecule has 3 aliphatic heterocycles. The van der Waals surface area contributed by atoms with Crippen molar-refractivity contribution >= 4 is 0 Å². The summed E-state index contributed by atoms with van der Waals surface area (Å²) in [5.74, 6) is -10.6. The van der Waals surface area contributed by atoms with E-state index < -0.39 is 126 Å². The van der Waals surface area contributed by atoms with Crippen LogP contribution < -0.4 is 33.7 Å². The van der Waals surface area contributed by atoms with E-state index in [4.69, 9.17) is 23.5 Å². The Labute approximate surface area is 302 Å². The first-order valence-electron chi connectivity index (χ1n) is 17.5. The number of ether oxygens (including phenoxy) is 3. The lowest BCUT2D eigenvalue weighted by Gasteiger charge is -2.19. The van der Waals surface area contributed by atoms with E-state index in [0.717, 1.165) is 30.6 Å². The fourth-order valence-corrected chi connectivity index (χ4v) is 4.69. The Kier molecular flexibility index (Phi) is 10.0. The van der Waals surface area contributed by atoms with Gasteiger partial charge >= 0.3 is 17.1 Å². The van der Waals surface area contributed by atoms with Gasteiger partial charge in [0.15, 0.2) is 18.6 Å². The minimum Gasteiger partial charge on any atom is -0.390 e. The van der Waals surface area contributed by atoms with Crippen molar-refractivity contribution in [3.63, 3.8) is 0 Å². The Bertz CT molecular complexity index is 2430. The molecule has 0 saturated carbocycles. The first kappa shape index (κ1) is 33.9. The number of nitrogens with one attached hydrogen (secondary N) is 3. The number of H-pyrrole nitrogens is 3. The van der Waals surface area contributed by atoms with Gasteiger partial charge in [-0.15, -0.1) is 0 Å². The topological polar surface area (TPSA) is 374 Å². The molecule has 0 radical (unpaired) electrons. The summed E-state index contributed by atoms with van der Waals surface area (Å²) in [5.41, 5.74) is -5.79. The van der Waals surface area contributed by atoms with Crippen molar-refractivity contribution in [1.29, 1.82) is 0 Å². The number of aromatic nitrogens is 6. The van der Waals surface area contributed by atoms with E-state index in [1.165, 1.54) is 0 Å². The highest BCUT2D eigenvalue weighted by Gasteiger charge is 2.57. The minimum absolute atomic E-state index is 0.245. The predicted octanol–water partition coefficient (Wildman–Crippen LogP) is -7.66. The van der Waals surface area contributed by atoms with Crippen LogP contribution in [0.15, 0.2) is 65.6 Å². The van der Waals surface area contributed by atoms with E-state index in [1.807, 2.05) is 4.98 Å². The average Bonchev–Trinajstić information content (AvgIpc) is 3.56. The van der Waals surface area contributed by atoms with Crippen LogP contribution >= 0.6 is 0 Å². The third-order valence-corrected chi connectivity index (χ3v) is 7.51. The number of hydrogen-bond acceptors (Lipinski definition) is 18. The smallest absolute Gasteiger partial charge is 0.330 e. The van der Waals surface area contributed by atoms with Gasteiger partial charge in [-0.2, -0.15) is 0 Å². The van der Waals surface area contributed by atoms with Crippen molar-refractivity contribution in [3.05, 3.63) is 99.3 Å². The molecule has 3 fully saturated rings. The van der Waals surface area contributed by atoms with Gasteiger partial charge in [0, 0.05) is 36.8 Å². The largest absolute Gasteiger partial charge is 0.390 e. The van der Waals surface area contributed by atoms with Crippen molar-refractivity contribution in [2.45, 2.75) is 72.8 Å². The number of rotatable bonds is 6. The Balaban J connectivity index is 0.000000199. The normalized spacial score (nSPS) is 40.8. The zero-order valence-electron chi connectivity index (χ0n) is 32.4. The molecule has 300 valence electrons. The van der Waals surface area contributed by atoms with E-state index >= 15 is 0 Å². The van der Waals surface area contributed by atoms with Crippen LogP contribution in [0.5, 0.6) is 0 Å². The molecular formula is C27H33F3N6O18. The van der Waals surface area contributed by atoms with Crippen LogP contribution in [0, 0.1) is 0 Å². The van der Waals surface area contributed by atoms with Crippen LogP contribution in [-0.2, 0) is 14.2 Å². The van der Waals surface area contributed by atoms with Gasteiger partial charge in [-0.05, 0) is 0 Å².